The minimum Gasteiger partial charge on any atom is -0.399 e. The molecule has 2 rings (SSSR count). The van der Waals surface area contributed by atoms with Gasteiger partial charge in [0.2, 0.25) is 0 Å². The first-order chi connectivity index (χ1) is 9.45. The van der Waals surface area contributed by atoms with Gasteiger partial charge in [-0.25, -0.2) is 4.79 Å². The highest BCUT2D eigenvalue weighted by atomic mass is 16.2. The molecule has 0 bridgehead atoms. The lowest BCUT2D eigenvalue weighted by Crippen LogP contribution is -2.31. The van der Waals surface area contributed by atoms with E-state index in [-0.39, 0.29) is 6.03 Å². The fourth-order valence-electron chi connectivity index (χ4n) is 2.04. The van der Waals surface area contributed by atoms with E-state index in [1.165, 1.54) is 0 Å². The van der Waals surface area contributed by atoms with Gasteiger partial charge in [0.05, 0.1) is 0 Å². The van der Waals surface area contributed by atoms with Gasteiger partial charge >= 0.3 is 6.03 Å². The third-order valence-electron chi connectivity index (χ3n) is 3.06. The van der Waals surface area contributed by atoms with Crippen LogP contribution >= 0.6 is 0 Å². The molecule has 4 nitrogen and oxygen atoms in total. The van der Waals surface area contributed by atoms with E-state index < -0.39 is 0 Å². The van der Waals surface area contributed by atoms with Crippen molar-refractivity contribution in [1.29, 1.82) is 0 Å². The summed E-state index contributed by atoms with van der Waals surface area (Å²) in [5.41, 5.74) is 10.1. The van der Waals surface area contributed by atoms with Crippen molar-refractivity contribution in [3.05, 3.63) is 53.6 Å². The van der Waals surface area contributed by atoms with Crippen molar-refractivity contribution in [2.75, 3.05) is 23.0 Å². The third kappa shape index (κ3) is 3.29. The maximum Gasteiger partial charge on any atom is 0.326 e. The van der Waals surface area contributed by atoms with Crippen molar-refractivity contribution >= 4 is 23.1 Å². The standard InChI is InChI=1S/C16H19N3O/c1-11-8-12(2)10-15(9-11)19(3)16(20)18-14-6-4-13(17)5-7-14/h4-10H,17H2,1-3H3,(H,18,20). The minimum absolute atomic E-state index is 0.181. The summed E-state index contributed by atoms with van der Waals surface area (Å²) >= 11 is 0. The molecule has 0 saturated heterocycles. The first kappa shape index (κ1) is 13.9. The predicted molar refractivity (Wildman–Crippen MR) is 84.2 cm³/mol. The Morgan fingerprint density at radius 2 is 1.60 bits per heavy atom. The van der Waals surface area contributed by atoms with Crippen molar-refractivity contribution in [3.8, 4) is 0 Å². The number of anilines is 3. The summed E-state index contributed by atoms with van der Waals surface area (Å²) < 4.78 is 0. The van der Waals surface area contributed by atoms with E-state index in [1.54, 1.807) is 36.2 Å². The number of carbonyl (C=O) groups is 1. The van der Waals surface area contributed by atoms with Gasteiger partial charge in [-0.3, -0.25) is 4.90 Å². The fourth-order valence-corrected chi connectivity index (χ4v) is 2.04. The molecule has 2 aromatic carbocycles. The zero-order valence-electron chi connectivity index (χ0n) is 12.0. The van der Waals surface area contributed by atoms with Crippen LogP contribution in [0.25, 0.3) is 0 Å². The monoisotopic (exact) mass is 269 g/mol. The minimum atomic E-state index is -0.181. The number of nitrogen functional groups attached to an aromatic ring is 1. The molecule has 0 saturated carbocycles. The Balaban J connectivity index is 2.14. The third-order valence-corrected chi connectivity index (χ3v) is 3.06. The highest BCUT2D eigenvalue weighted by Gasteiger charge is 2.11. The molecular weight excluding hydrogens is 250 g/mol. The van der Waals surface area contributed by atoms with Crippen molar-refractivity contribution in [2.24, 2.45) is 0 Å². The second-order valence-corrected chi connectivity index (χ2v) is 4.96. The summed E-state index contributed by atoms with van der Waals surface area (Å²) in [6.07, 6.45) is 0. The maximum atomic E-state index is 12.2. The number of hydrogen-bond acceptors (Lipinski definition) is 2. The van der Waals surface area contributed by atoms with Crippen molar-refractivity contribution in [3.63, 3.8) is 0 Å². The average Bonchev–Trinajstić information content (AvgIpc) is 2.39. The maximum absolute atomic E-state index is 12.2. The van der Waals surface area contributed by atoms with E-state index in [9.17, 15) is 4.79 Å². The van der Waals surface area contributed by atoms with Crippen LogP contribution in [0, 0.1) is 13.8 Å². The Kier molecular flexibility index (Phi) is 3.94. The molecule has 0 unspecified atom stereocenters. The normalized spacial score (nSPS) is 10.2. The predicted octanol–water partition coefficient (Wildman–Crippen LogP) is 3.55. The van der Waals surface area contributed by atoms with Crippen LogP contribution in [-0.4, -0.2) is 13.1 Å². The molecule has 0 spiro atoms. The number of rotatable bonds is 2. The molecule has 4 heteroatoms. The molecule has 2 aromatic rings. The van der Waals surface area contributed by atoms with E-state index in [0.29, 0.717) is 5.69 Å². The Labute approximate surface area is 119 Å². The van der Waals surface area contributed by atoms with Gasteiger partial charge in [-0.05, 0) is 61.4 Å². The van der Waals surface area contributed by atoms with Gasteiger partial charge in [0, 0.05) is 24.1 Å². The number of benzene rings is 2. The number of hydrogen-bond donors (Lipinski definition) is 2. The van der Waals surface area contributed by atoms with Crippen LogP contribution in [0.3, 0.4) is 0 Å². The largest absolute Gasteiger partial charge is 0.399 e. The number of urea groups is 1. The number of aryl methyl sites for hydroxylation is 2. The molecular formula is C16H19N3O. The van der Waals surface area contributed by atoms with Crippen LogP contribution < -0.4 is 16.0 Å². The molecule has 3 N–H and O–H groups in total. The quantitative estimate of drug-likeness (QED) is 0.819. The number of nitrogens with zero attached hydrogens (tertiary/aromatic N) is 1. The summed E-state index contributed by atoms with van der Waals surface area (Å²) in [6.45, 7) is 4.03. The Morgan fingerprint density at radius 1 is 1.05 bits per heavy atom. The second kappa shape index (κ2) is 5.65. The number of nitrogens with two attached hydrogens (primary N) is 1. The van der Waals surface area contributed by atoms with E-state index in [4.69, 9.17) is 5.73 Å². The molecule has 0 heterocycles. The van der Waals surface area contributed by atoms with Crippen LogP contribution in [0.15, 0.2) is 42.5 Å². The van der Waals surface area contributed by atoms with Crippen molar-refractivity contribution in [2.45, 2.75) is 13.8 Å². The molecule has 0 fully saturated rings. The summed E-state index contributed by atoms with van der Waals surface area (Å²) in [7, 11) is 1.75. The lowest BCUT2D eigenvalue weighted by atomic mass is 10.1. The lowest BCUT2D eigenvalue weighted by molar-refractivity contribution is 0.258. The van der Waals surface area contributed by atoms with E-state index in [0.717, 1.165) is 22.5 Å². The Bertz CT molecular complexity index is 600. The number of amides is 2. The number of nitrogens with one attached hydrogen (secondary N) is 1. The van der Waals surface area contributed by atoms with Crippen molar-refractivity contribution < 1.29 is 4.79 Å². The summed E-state index contributed by atoms with van der Waals surface area (Å²) in [6, 6.07) is 12.9. The van der Waals surface area contributed by atoms with Gasteiger partial charge in [-0.15, -0.1) is 0 Å². The Hall–Kier alpha value is -2.49. The molecule has 0 aromatic heterocycles. The van der Waals surface area contributed by atoms with E-state index in [1.807, 2.05) is 26.0 Å². The molecule has 0 aliphatic rings. The smallest absolute Gasteiger partial charge is 0.326 e. The molecule has 0 radical (unpaired) electrons. The molecule has 104 valence electrons. The van der Waals surface area contributed by atoms with Crippen LogP contribution in [0.2, 0.25) is 0 Å². The van der Waals surface area contributed by atoms with Gasteiger partial charge in [0.25, 0.3) is 0 Å². The fraction of sp³-hybridized carbons (Fsp3) is 0.188. The first-order valence-corrected chi connectivity index (χ1v) is 6.44. The molecule has 0 atom stereocenters. The van der Waals surface area contributed by atoms with Crippen LogP contribution in [-0.2, 0) is 0 Å². The van der Waals surface area contributed by atoms with Gasteiger partial charge in [0.15, 0.2) is 0 Å². The lowest BCUT2D eigenvalue weighted by Gasteiger charge is -2.19. The topological polar surface area (TPSA) is 58.4 Å². The molecule has 0 aliphatic heterocycles. The highest BCUT2D eigenvalue weighted by molar-refractivity contribution is 6.01. The summed E-state index contributed by atoms with van der Waals surface area (Å²) in [5.74, 6) is 0. The Morgan fingerprint density at radius 3 is 2.15 bits per heavy atom. The number of carbonyl (C=O) groups excluding carboxylic acids is 1. The van der Waals surface area contributed by atoms with Gasteiger partial charge in [-0.2, -0.15) is 0 Å². The zero-order valence-corrected chi connectivity index (χ0v) is 12.0. The second-order valence-electron chi connectivity index (χ2n) is 4.96. The highest BCUT2D eigenvalue weighted by Crippen LogP contribution is 2.19. The molecule has 0 aliphatic carbocycles. The summed E-state index contributed by atoms with van der Waals surface area (Å²) in [5, 5.41) is 2.84. The average molecular weight is 269 g/mol. The molecule has 20 heavy (non-hydrogen) atoms. The van der Waals surface area contributed by atoms with E-state index in [2.05, 4.69) is 11.4 Å². The van der Waals surface area contributed by atoms with E-state index >= 15 is 0 Å². The SMILES string of the molecule is Cc1cc(C)cc(N(C)C(=O)Nc2ccc(N)cc2)c1. The summed E-state index contributed by atoms with van der Waals surface area (Å²) in [4.78, 5) is 13.8. The van der Waals surface area contributed by atoms with Crippen molar-refractivity contribution in [1.82, 2.24) is 0 Å². The van der Waals surface area contributed by atoms with Gasteiger partial charge in [-0.1, -0.05) is 6.07 Å². The first-order valence-electron chi connectivity index (χ1n) is 6.44. The van der Waals surface area contributed by atoms with Gasteiger partial charge in [0.1, 0.15) is 0 Å². The van der Waals surface area contributed by atoms with Gasteiger partial charge < -0.3 is 11.1 Å². The zero-order chi connectivity index (χ0) is 14.7. The van der Waals surface area contributed by atoms with Crippen LogP contribution in [0.5, 0.6) is 0 Å². The van der Waals surface area contributed by atoms with Crippen LogP contribution in [0.1, 0.15) is 11.1 Å². The van der Waals surface area contributed by atoms with Crippen LogP contribution in [0.4, 0.5) is 21.9 Å². The molecule has 2 amide bonds.